The Morgan fingerprint density at radius 1 is 1.36 bits per heavy atom. The molecule has 0 fully saturated rings. The van der Waals surface area contributed by atoms with Gasteiger partial charge in [-0.05, 0) is 32.1 Å². The lowest BCUT2D eigenvalue weighted by atomic mass is 10.0. The molecular formula is C17H24N4O. The van der Waals surface area contributed by atoms with Crippen LogP contribution in [0.25, 0.3) is 0 Å². The minimum absolute atomic E-state index is 0.0324. The lowest BCUT2D eigenvalue weighted by Crippen LogP contribution is -2.33. The van der Waals surface area contributed by atoms with E-state index in [9.17, 15) is 4.79 Å². The Morgan fingerprint density at radius 2 is 2.09 bits per heavy atom. The summed E-state index contributed by atoms with van der Waals surface area (Å²) in [7, 11) is 5.87. The van der Waals surface area contributed by atoms with Crippen molar-refractivity contribution < 1.29 is 4.79 Å². The average molecular weight is 300 g/mol. The van der Waals surface area contributed by atoms with Crippen molar-refractivity contribution in [3.8, 4) is 0 Å². The van der Waals surface area contributed by atoms with E-state index in [-0.39, 0.29) is 11.9 Å². The molecule has 0 aliphatic heterocycles. The molecule has 1 unspecified atom stereocenters. The van der Waals surface area contributed by atoms with Gasteiger partial charge in [0.05, 0.1) is 0 Å². The molecule has 0 saturated carbocycles. The van der Waals surface area contributed by atoms with Gasteiger partial charge in [0.15, 0.2) is 0 Å². The summed E-state index contributed by atoms with van der Waals surface area (Å²) in [5, 5.41) is 3.12. The predicted octanol–water partition coefficient (Wildman–Crippen LogP) is 1.89. The maximum Gasteiger partial charge on any atom is 0.222 e. The van der Waals surface area contributed by atoms with Crippen LogP contribution in [0.15, 0.2) is 36.7 Å². The SMILES string of the molecule is Cc1ccccc1C(NC(=O)CCN(C)C)c1nccn1C. The molecule has 1 atom stereocenters. The third-order valence-corrected chi connectivity index (χ3v) is 3.71. The van der Waals surface area contributed by atoms with Crippen LogP contribution in [0, 0.1) is 6.92 Å². The first-order valence-corrected chi connectivity index (χ1v) is 7.46. The minimum atomic E-state index is -0.226. The highest BCUT2D eigenvalue weighted by atomic mass is 16.1. The van der Waals surface area contributed by atoms with E-state index < -0.39 is 0 Å². The zero-order valence-electron chi connectivity index (χ0n) is 13.7. The van der Waals surface area contributed by atoms with Gasteiger partial charge in [0.1, 0.15) is 11.9 Å². The van der Waals surface area contributed by atoms with Gasteiger partial charge < -0.3 is 14.8 Å². The second kappa shape index (κ2) is 7.22. The van der Waals surface area contributed by atoms with Gasteiger partial charge >= 0.3 is 0 Å². The number of carbonyl (C=O) groups is 1. The summed E-state index contributed by atoms with van der Waals surface area (Å²) in [6, 6.07) is 7.86. The predicted molar refractivity (Wildman–Crippen MR) is 87.5 cm³/mol. The number of aromatic nitrogens is 2. The van der Waals surface area contributed by atoms with Crippen LogP contribution < -0.4 is 5.32 Å². The van der Waals surface area contributed by atoms with Crippen LogP contribution in [-0.4, -0.2) is 41.0 Å². The highest BCUT2D eigenvalue weighted by Gasteiger charge is 2.21. The van der Waals surface area contributed by atoms with Crippen LogP contribution in [0.5, 0.6) is 0 Å². The Morgan fingerprint density at radius 3 is 2.68 bits per heavy atom. The van der Waals surface area contributed by atoms with Crippen molar-refractivity contribution in [2.75, 3.05) is 20.6 Å². The van der Waals surface area contributed by atoms with Crippen molar-refractivity contribution in [2.45, 2.75) is 19.4 Å². The molecule has 1 amide bonds. The van der Waals surface area contributed by atoms with Crippen molar-refractivity contribution in [1.82, 2.24) is 19.8 Å². The third-order valence-electron chi connectivity index (χ3n) is 3.71. The van der Waals surface area contributed by atoms with E-state index in [2.05, 4.69) is 23.3 Å². The molecule has 0 bridgehead atoms. The quantitative estimate of drug-likeness (QED) is 0.886. The Kier molecular flexibility index (Phi) is 5.33. The van der Waals surface area contributed by atoms with E-state index in [1.54, 1.807) is 6.20 Å². The van der Waals surface area contributed by atoms with E-state index in [4.69, 9.17) is 0 Å². The molecule has 1 aromatic carbocycles. The summed E-state index contributed by atoms with van der Waals surface area (Å²) in [6.45, 7) is 2.78. The maximum absolute atomic E-state index is 12.3. The first kappa shape index (κ1) is 16.2. The number of hydrogen-bond acceptors (Lipinski definition) is 3. The third kappa shape index (κ3) is 3.95. The fourth-order valence-electron chi connectivity index (χ4n) is 2.41. The highest BCUT2D eigenvalue weighted by molar-refractivity contribution is 5.77. The van der Waals surface area contributed by atoms with Crippen LogP contribution in [0.1, 0.15) is 29.4 Å². The van der Waals surface area contributed by atoms with Crippen molar-refractivity contribution in [1.29, 1.82) is 0 Å². The van der Waals surface area contributed by atoms with Gasteiger partial charge in [0.25, 0.3) is 0 Å². The van der Waals surface area contributed by atoms with Gasteiger partial charge in [-0.2, -0.15) is 0 Å². The van der Waals surface area contributed by atoms with Crippen LogP contribution in [0.3, 0.4) is 0 Å². The summed E-state index contributed by atoms with van der Waals surface area (Å²) in [5.41, 5.74) is 2.22. The molecule has 5 nitrogen and oxygen atoms in total. The number of amides is 1. The number of imidazole rings is 1. The summed E-state index contributed by atoms with van der Waals surface area (Å²) >= 11 is 0. The van der Waals surface area contributed by atoms with Crippen LogP contribution in [0.4, 0.5) is 0 Å². The van der Waals surface area contributed by atoms with Gasteiger partial charge in [-0.1, -0.05) is 24.3 Å². The molecule has 1 N–H and O–H groups in total. The second-order valence-electron chi connectivity index (χ2n) is 5.81. The van der Waals surface area contributed by atoms with Crippen molar-refractivity contribution in [2.24, 2.45) is 7.05 Å². The molecule has 0 aliphatic rings. The summed E-state index contributed by atoms with van der Waals surface area (Å²) in [5.74, 6) is 0.873. The van der Waals surface area contributed by atoms with E-state index >= 15 is 0 Å². The molecule has 1 heterocycles. The van der Waals surface area contributed by atoms with E-state index in [0.29, 0.717) is 6.42 Å². The lowest BCUT2D eigenvalue weighted by molar-refractivity contribution is -0.121. The molecule has 0 radical (unpaired) electrons. The molecule has 0 spiro atoms. The largest absolute Gasteiger partial charge is 0.342 e. The van der Waals surface area contributed by atoms with Crippen LogP contribution in [-0.2, 0) is 11.8 Å². The monoisotopic (exact) mass is 300 g/mol. The van der Waals surface area contributed by atoms with E-state index in [0.717, 1.165) is 23.5 Å². The molecule has 118 valence electrons. The molecule has 1 aromatic heterocycles. The Balaban J connectivity index is 2.26. The zero-order valence-corrected chi connectivity index (χ0v) is 13.7. The van der Waals surface area contributed by atoms with Crippen LogP contribution >= 0.6 is 0 Å². The minimum Gasteiger partial charge on any atom is -0.342 e. The Labute approximate surface area is 132 Å². The number of nitrogens with zero attached hydrogens (tertiary/aromatic N) is 3. The summed E-state index contributed by atoms with van der Waals surface area (Å²) in [6.07, 6.45) is 4.12. The molecule has 22 heavy (non-hydrogen) atoms. The van der Waals surface area contributed by atoms with Gasteiger partial charge in [0.2, 0.25) is 5.91 Å². The lowest BCUT2D eigenvalue weighted by Gasteiger charge is -2.21. The topological polar surface area (TPSA) is 50.2 Å². The van der Waals surface area contributed by atoms with E-state index in [1.807, 2.05) is 55.0 Å². The Bertz CT molecular complexity index is 633. The molecule has 0 saturated heterocycles. The van der Waals surface area contributed by atoms with Crippen molar-refractivity contribution in [3.63, 3.8) is 0 Å². The first-order valence-electron chi connectivity index (χ1n) is 7.46. The molecule has 0 aliphatic carbocycles. The van der Waals surface area contributed by atoms with Gasteiger partial charge in [0, 0.05) is 32.4 Å². The summed E-state index contributed by atoms with van der Waals surface area (Å²) in [4.78, 5) is 18.7. The van der Waals surface area contributed by atoms with Crippen molar-refractivity contribution >= 4 is 5.91 Å². The number of rotatable bonds is 6. The number of benzene rings is 1. The molecule has 2 aromatic rings. The number of nitrogens with one attached hydrogen (secondary N) is 1. The standard InChI is InChI=1S/C17H24N4O/c1-13-7-5-6-8-14(13)16(17-18-10-12-21(17)4)19-15(22)9-11-20(2)3/h5-8,10,12,16H,9,11H2,1-4H3,(H,19,22). The normalized spacial score (nSPS) is 12.4. The number of carbonyl (C=O) groups excluding carboxylic acids is 1. The fourth-order valence-corrected chi connectivity index (χ4v) is 2.41. The fraction of sp³-hybridized carbons (Fsp3) is 0.412. The average Bonchev–Trinajstić information content (AvgIpc) is 2.89. The van der Waals surface area contributed by atoms with E-state index in [1.165, 1.54) is 0 Å². The first-order chi connectivity index (χ1) is 10.5. The van der Waals surface area contributed by atoms with Gasteiger partial charge in [-0.25, -0.2) is 4.98 Å². The second-order valence-corrected chi connectivity index (χ2v) is 5.81. The maximum atomic E-state index is 12.3. The molecule has 2 rings (SSSR count). The van der Waals surface area contributed by atoms with Crippen molar-refractivity contribution in [3.05, 3.63) is 53.6 Å². The number of aryl methyl sites for hydroxylation is 2. The smallest absolute Gasteiger partial charge is 0.222 e. The van der Waals surface area contributed by atoms with Gasteiger partial charge in [-0.15, -0.1) is 0 Å². The highest BCUT2D eigenvalue weighted by Crippen LogP contribution is 2.23. The summed E-state index contributed by atoms with van der Waals surface area (Å²) < 4.78 is 1.95. The van der Waals surface area contributed by atoms with Gasteiger partial charge in [-0.3, -0.25) is 4.79 Å². The Hall–Kier alpha value is -2.14. The molecular weight excluding hydrogens is 276 g/mol. The number of hydrogen-bond donors (Lipinski definition) is 1. The zero-order chi connectivity index (χ0) is 16.1. The molecule has 5 heteroatoms. The van der Waals surface area contributed by atoms with Crippen LogP contribution in [0.2, 0.25) is 0 Å².